The first-order chi connectivity index (χ1) is 11.0. The Morgan fingerprint density at radius 1 is 1.52 bits per heavy atom. The molecule has 0 radical (unpaired) electrons. The number of likely N-dealkylation sites (N-methyl/N-ethyl adjacent to an activating group) is 1. The highest BCUT2D eigenvalue weighted by Gasteiger charge is 2.31. The zero-order valence-corrected chi connectivity index (χ0v) is 13.6. The number of β-amino-alcohol motifs (C(OH)–C–C–N with tert-alkyl or cyclic N) is 1. The van der Waals surface area contributed by atoms with Crippen molar-refractivity contribution in [1.29, 1.82) is 0 Å². The molecule has 7 nitrogen and oxygen atoms in total. The second kappa shape index (κ2) is 6.17. The Morgan fingerprint density at radius 2 is 2.30 bits per heavy atom. The van der Waals surface area contributed by atoms with Gasteiger partial charge < -0.3 is 20.1 Å². The fraction of sp³-hybridized carbons (Fsp3) is 0.500. The van der Waals surface area contributed by atoms with Crippen LogP contribution in [0.25, 0.3) is 5.65 Å². The van der Waals surface area contributed by atoms with Crippen molar-refractivity contribution in [2.45, 2.75) is 26.0 Å². The number of aryl methyl sites for hydroxylation is 1. The lowest BCUT2D eigenvalue weighted by atomic mass is 10.2. The molecule has 124 valence electrons. The van der Waals surface area contributed by atoms with Crippen LogP contribution in [0.2, 0.25) is 0 Å². The Bertz CT molecular complexity index is 727. The van der Waals surface area contributed by atoms with Crippen LogP contribution in [-0.2, 0) is 0 Å². The summed E-state index contributed by atoms with van der Waals surface area (Å²) >= 11 is 0. The number of likely N-dealkylation sites (tertiary alicyclic amines) is 1. The molecule has 1 saturated heterocycles. The van der Waals surface area contributed by atoms with E-state index in [0.29, 0.717) is 42.5 Å². The van der Waals surface area contributed by atoms with Gasteiger partial charge in [0.2, 0.25) is 0 Å². The van der Waals surface area contributed by atoms with Crippen LogP contribution in [0, 0.1) is 6.92 Å². The number of fused-ring (bicyclic) bond motifs is 1. The van der Waals surface area contributed by atoms with Gasteiger partial charge in [-0.15, -0.1) is 0 Å². The minimum absolute atomic E-state index is 0.233. The van der Waals surface area contributed by atoms with E-state index >= 15 is 0 Å². The summed E-state index contributed by atoms with van der Waals surface area (Å²) in [5, 5.41) is 12.9. The van der Waals surface area contributed by atoms with Crippen LogP contribution in [0.15, 0.2) is 18.3 Å². The smallest absolute Gasteiger partial charge is 0.270 e. The Kier molecular flexibility index (Phi) is 4.23. The molecule has 0 saturated carbocycles. The summed E-state index contributed by atoms with van der Waals surface area (Å²) in [6.45, 7) is 5.44. The van der Waals surface area contributed by atoms with E-state index in [9.17, 15) is 9.90 Å². The van der Waals surface area contributed by atoms with Crippen LogP contribution in [0.4, 0.5) is 0 Å². The highest BCUT2D eigenvalue weighted by atomic mass is 16.5. The normalized spacial score (nSPS) is 21.7. The number of nitrogens with one attached hydrogen (secondary N) is 1. The lowest BCUT2D eigenvalue weighted by Crippen LogP contribution is -2.43. The summed E-state index contributed by atoms with van der Waals surface area (Å²) in [5.74, 6) is 0.417. The largest absolute Gasteiger partial charge is 0.490 e. The molecule has 0 aromatic carbocycles. The number of hydrogen-bond acceptors (Lipinski definition) is 5. The first-order valence-electron chi connectivity index (χ1n) is 7.79. The number of hydrogen-bond donors (Lipinski definition) is 2. The van der Waals surface area contributed by atoms with Gasteiger partial charge in [0, 0.05) is 19.3 Å². The minimum Gasteiger partial charge on any atom is -0.490 e. The van der Waals surface area contributed by atoms with Gasteiger partial charge in [0.25, 0.3) is 5.91 Å². The quantitative estimate of drug-likeness (QED) is 0.855. The van der Waals surface area contributed by atoms with E-state index in [-0.39, 0.29) is 11.9 Å². The molecule has 1 fully saturated rings. The van der Waals surface area contributed by atoms with Crippen molar-refractivity contribution >= 4 is 11.6 Å². The maximum atomic E-state index is 12.7. The molecule has 2 N–H and O–H groups in total. The predicted molar refractivity (Wildman–Crippen MR) is 85.9 cm³/mol. The van der Waals surface area contributed by atoms with E-state index in [2.05, 4.69) is 10.3 Å². The van der Waals surface area contributed by atoms with Crippen LogP contribution in [0.1, 0.15) is 23.1 Å². The number of rotatable bonds is 4. The van der Waals surface area contributed by atoms with Crippen molar-refractivity contribution in [3.05, 3.63) is 29.7 Å². The number of amides is 1. The van der Waals surface area contributed by atoms with Crippen molar-refractivity contribution < 1.29 is 14.6 Å². The molecule has 3 heterocycles. The van der Waals surface area contributed by atoms with Gasteiger partial charge in [-0.25, -0.2) is 4.98 Å². The molecule has 2 aromatic rings. The number of nitrogens with zero attached hydrogens (tertiary/aromatic N) is 3. The molecule has 1 unspecified atom stereocenters. The maximum absolute atomic E-state index is 12.7. The van der Waals surface area contributed by atoms with Crippen LogP contribution in [-0.4, -0.2) is 64.2 Å². The Hall–Kier alpha value is -2.12. The number of ether oxygens (including phenoxy) is 1. The highest BCUT2D eigenvalue weighted by molar-refractivity contribution is 5.95. The molecule has 7 heteroatoms. The molecule has 1 aliphatic rings. The van der Waals surface area contributed by atoms with Crippen molar-refractivity contribution in [3.8, 4) is 5.75 Å². The van der Waals surface area contributed by atoms with E-state index in [1.165, 1.54) is 0 Å². The molecule has 2 aromatic heterocycles. The number of aliphatic hydroxyl groups excluding tert-OH is 1. The average molecular weight is 318 g/mol. The first-order valence-corrected chi connectivity index (χ1v) is 7.79. The van der Waals surface area contributed by atoms with Crippen molar-refractivity contribution in [3.63, 3.8) is 0 Å². The predicted octanol–water partition coefficient (Wildman–Crippen LogP) is 0.446. The molecule has 1 amide bonds. The second-order valence-electron chi connectivity index (χ2n) is 5.91. The number of aromatic nitrogens is 2. The van der Waals surface area contributed by atoms with E-state index < -0.39 is 6.10 Å². The molecule has 0 aliphatic carbocycles. The third-order valence-electron chi connectivity index (χ3n) is 4.09. The number of aliphatic hydroxyl groups is 1. The van der Waals surface area contributed by atoms with Crippen molar-refractivity contribution in [2.75, 3.05) is 26.7 Å². The number of pyridine rings is 1. The SMILES string of the molecule is CCOc1cccn2c(C(=O)N[C@@H]3CN(C)CC3O)c(C)nc12. The topological polar surface area (TPSA) is 79.1 Å². The fourth-order valence-electron chi connectivity index (χ4n) is 3.05. The van der Waals surface area contributed by atoms with E-state index in [1.807, 2.05) is 31.0 Å². The van der Waals surface area contributed by atoms with Crippen molar-refractivity contribution in [1.82, 2.24) is 19.6 Å². The van der Waals surface area contributed by atoms with Gasteiger partial charge in [0.05, 0.1) is 24.4 Å². The van der Waals surface area contributed by atoms with Gasteiger partial charge in [0.1, 0.15) is 5.69 Å². The average Bonchev–Trinajstić information content (AvgIpc) is 2.98. The number of imidazole rings is 1. The molecular weight excluding hydrogens is 296 g/mol. The molecule has 0 bridgehead atoms. The van der Waals surface area contributed by atoms with Crippen LogP contribution < -0.4 is 10.1 Å². The lowest BCUT2D eigenvalue weighted by Gasteiger charge is -2.15. The third kappa shape index (κ3) is 2.89. The molecular formula is C16H22N4O3. The summed E-state index contributed by atoms with van der Waals surface area (Å²) in [7, 11) is 1.92. The van der Waals surface area contributed by atoms with Crippen LogP contribution in [0.3, 0.4) is 0 Å². The van der Waals surface area contributed by atoms with Gasteiger partial charge in [-0.3, -0.25) is 9.20 Å². The molecule has 23 heavy (non-hydrogen) atoms. The van der Waals surface area contributed by atoms with Gasteiger partial charge in [-0.2, -0.15) is 0 Å². The van der Waals surface area contributed by atoms with E-state index in [0.717, 1.165) is 0 Å². The zero-order chi connectivity index (χ0) is 16.6. The Balaban J connectivity index is 1.91. The summed E-state index contributed by atoms with van der Waals surface area (Å²) < 4.78 is 7.31. The zero-order valence-electron chi connectivity index (χ0n) is 13.6. The summed E-state index contributed by atoms with van der Waals surface area (Å²) in [6, 6.07) is 3.39. The summed E-state index contributed by atoms with van der Waals surface area (Å²) in [5.41, 5.74) is 1.74. The number of carbonyl (C=O) groups excluding carboxylic acids is 1. The maximum Gasteiger partial charge on any atom is 0.270 e. The molecule has 0 spiro atoms. The van der Waals surface area contributed by atoms with Crippen LogP contribution in [0.5, 0.6) is 5.75 Å². The fourth-order valence-corrected chi connectivity index (χ4v) is 3.05. The standard InChI is InChI=1S/C16H22N4O3/c1-4-23-13-6-5-7-20-14(10(2)17-15(13)20)16(22)18-11-8-19(3)9-12(11)21/h5-7,11-12,21H,4,8-9H2,1-3H3,(H,18,22)/t11-,12?/m1/s1. The number of carbonyl (C=O) groups is 1. The summed E-state index contributed by atoms with van der Waals surface area (Å²) in [4.78, 5) is 19.1. The van der Waals surface area contributed by atoms with Crippen molar-refractivity contribution in [2.24, 2.45) is 0 Å². The van der Waals surface area contributed by atoms with E-state index in [1.54, 1.807) is 17.5 Å². The third-order valence-corrected chi connectivity index (χ3v) is 4.09. The Morgan fingerprint density at radius 3 is 2.96 bits per heavy atom. The van der Waals surface area contributed by atoms with Gasteiger partial charge in [-0.1, -0.05) is 0 Å². The molecule has 1 aliphatic heterocycles. The van der Waals surface area contributed by atoms with Gasteiger partial charge >= 0.3 is 0 Å². The monoisotopic (exact) mass is 318 g/mol. The molecule has 2 atom stereocenters. The summed E-state index contributed by atoms with van der Waals surface area (Å²) in [6.07, 6.45) is 1.24. The molecule has 3 rings (SSSR count). The van der Waals surface area contributed by atoms with E-state index in [4.69, 9.17) is 4.74 Å². The first kappa shape index (κ1) is 15.8. The minimum atomic E-state index is -0.553. The van der Waals surface area contributed by atoms with Gasteiger partial charge in [-0.05, 0) is 33.0 Å². The highest BCUT2D eigenvalue weighted by Crippen LogP contribution is 2.22. The second-order valence-corrected chi connectivity index (χ2v) is 5.91. The van der Waals surface area contributed by atoms with Gasteiger partial charge in [0.15, 0.2) is 11.4 Å². The van der Waals surface area contributed by atoms with Crippen LogP contribution >= 0.6 is 0 Å². The Labute approximate surface area is 134 Å². The lowest BCUT2D eigenvalue weighted by molar-refractivity contribution is 0.0882.